The highest BCUT2D eigenvalue weighted by atomic mass is 35.5. The zero-order valence-electron chi connectivity index (χ0n) is 5.60. The van der Waals surface area contributed by atoms with Crippen molar-refractivity contribution in [2.45, 2.75) is 6.61 Å². The van der Waals surface area contributed by atoms with Crippen LogP contribution in [0.1, 0.15) is 0 Å². The molecule has 0 atom stereocenters. The first-order valence-electron chi connectivity index (χ1n) is 2.85. The van der Waals surface area contributed by atoms with Crippen molar-refractivity contribution in [3.8, 4) is 5.75 Å². The number of halogens is 4. The number of ether oxygens (including phenoxy) is 1. The SMILES string of the molecule is FC(F)Oc1c(Cl)cncc1Cl. The largest absolute Gasteiger partial charge is 0.432 e. The van der Waals surface area contributed by atoms with Crippen molar-refractivity contribution >= 4 is 23.2 Å². The zero-order valence-corrected chi connectivity index (χ0v) is 7.11. The molecule has 1 aromatic rings. The number of hydrogen-bond acceptors (Lipinski definition) is 2. The zero-order chi connectivity index (χ0) is 9.14. The minimum atomic E-state index is -2.94. The van der Waals surface area contributed by atoms with Crippen molar-refractivity contribution in [3.63, 3.8) is 0 Å². The maximum atomic E-state index is 11.7. The van der Waals surface area contributed by atoms with Gasteiger partial charge in [-0.15, -0.1) is 0 Å². The third-order valence-corrected chi connectivity index (χ3v) is 1.55. The van der Waals surface area contributed by atoms with E-state index in [4.69, 9.17) is 23.2 Å². The lowest BCUT2D eigenvalue weighted by molar-refractivity contribution is -0.0497. The van der Waals surface area contributed by atoms with Crippen LogP contribution in [0.5, 0.6) is 5.75 Å². The monoisotopic (exact) mass is 213 g/mol. The first kappa shape index (κ1) is 9.48. The minimum absolute atomic E-state index is 0.0391. The maximum absolute atomic E-state index is 11.7. The first-order valence-corrected chi connectivity index (χ1v) is 3.60. The van der Waals surface area contributed by atoms with Crippen molar-refractivity contribution < 1.29 is 13.5 Å². The lowest BCUT2D eigenvalue weighted by Crippen LogP contribution is -2.03. The fourth-order valence-electron chi connectivity index (χ4n) is 0.601. The molecule has 1 heterocycles. The van der Waals surface area contributed by atoms with Gasteiger partial charge in [-0.2, -0.15) is 8.78 Å². The lowest BCUT2D eigenvalue weighted by Gasteiger charge is -2.06. The molecule has 0 N–H and O–H groups in total. The van der Waals surface area contributed by atoms with Gasteiger partial charge in [0, 0.05) is 12.4 Å². The highest BCUT2D eigenvalue weighted by Gasteiger charge is 2.12. The van der Waals surface area contributed by atoms with Gasteiger partial charge in [-0.3, -0.25) is 4.98 Å². The highest BCUT2D eigenvalue weighted by Crippen LogP contribution is 2.32. The second-order valence-electron chi connectivity index (χ2n) is 1.81. The van der Waals surface area contributed by atoms with Crippen LogP contribution in [0.2, 0.25) is 10.0 Å². The van der Waals surface area contributed by atoms with Gasteiger partial charge in [0.05, 0.1) is 0 Å². The topological polar surface area (TPSA) is 22.1 Å². The van der Waals surface area contributed by atoms with Crippen LogP contribution >= 0.6 is 23.2 Å². The molecule has 0 saturated heterocycles. The summed E-state index contributed by atoms with van der Waals surface area (Å²) in [6, 6.07) is 0. The Bertz CT molecular complexity index is 262. The molecule has 0 aliphatic heterocycles. The smallest absolute Gasteiger partial charge is 0.387 e. The highest BCUT2D eigenvalue weighted by molar-refractivity contribution is 6.36. The van der Waals surface area contributed by atoms with Gasteiger partial charge in [-0.25, -0.2) is 0 Å². The molecule has 2 nitrogen and oxygen atoms in total. The van der Waals surface area contributed by atoms with Crippen LogP contribution in [0.25, 0.3) is 0 Å². The second kappa shape index (κ2) is 3.87. The quantitative estimate of drug-likeness (QED) is 0.754. The Morgan fingerprint density at radius 3 is 2.17 bits per heavy atom. The standard InChI is InChI=1S/C6H3Cl2F2NO/c7-3-1-11-2-4(8)5(3)12-6(9)10/h1-2,6H. The minimum Gasteiger partial charge on any atom is -0.432 e. The van der Waals surface area contributed by atoms with Gasteiger partial charge in [-0.05, 0) is 0 Å². The molecular weight excluding hydrogens is 211 g/mol. The Hall–Kier alpha value is -0.610. The summed E-state index contributed by atoms with van der Waals surface area (Å²) in [6.07, 6.45) is 2.34. The van der Waals surface area contributed by atoms with Crippen LogP contribution in [0.4, 0.5) is 8.78 Å². The molecule has 0 aliphatic rings. The second-order valence-corrected chi connectivity index (χ2v) is 2.63. The molecule has 1 rings (SSSR count). The number of hydrogen-bond donors (Lipinski definition) is 0. The van der Waals surface area contributed by atoms with E-state index in [1.807, 2.05) is 0 Å². The summed E-state index contributed by atoms with van der Waals surface area (Å²) in [4.78, 5) is 3.56. The molecule has 0 radical (unpaired) electrons. The average Bonchev–Trinajstić information content (AvgIpc) is 1.97. The molecule has 66 valence electrons. The molecular formula is C6H3Cl2F2NO. The van der Waals surface area contributed by atoms with Crippen molar-refractivity contribution in [3.05, 3.63) is 22.4 Å². The summed E-state index contributed by atoms with van der Waals surface area (Å²) < 4.78 is 27.5. The van der Waals surface area contributed by atoms with Gasteiger partial charge in [0.1, 0.15) is 10.0 Å². The van der Waals surface area contributed by atoms with Crippen LogP contribution in [0, 0.1) is 0 Å². The molecule has 0 amide bonds. The lowest BCUT2D eigenvalue weighted by atomic mass is 10.4. The predicted molar refractivity (Wildman–Crippen MR) is 40.9 cm³/mol. The molecule has 6 heteroatoms. The van der Waals surface area contributed by atoms with Gasteiger partial charge in [0.25, 0.3) is 0 Å². The Kier molecular flexibility index (Phi) is 3.05. The molecule has 0 spiro atoms. The van der Waals surface area contributed by atoms with Crippen LogP contribution in [0.3, 0.4) is 0 Å². The van der Waals surface area contributed by atoms with E-state index in [-0.39, 0.29) is 15.8 Å². The van der Waals surface area contributed by atoms with E-state index < -0.39 is 6.61 Å². The third-order valence-electron chi connectivity index (χ3n) is 1.02. The van der Waals surface area contributed by atoms with Gasteiger partial charge >= 0.3 is 6.61 Å². The normalized spacial score (nSPS) is 10.4. The summed E-state index contributed by atoms with van der Waals surface area (Å²) in [6.45, 7) is -2.94. The molecule has 0 unspecified atom stereocenters. The van der Waals surface area contributed by atoms with E-state index in [1.165, 1.54) is 12.4 Å². The Morgan fingerprint density at radius 1 is 1.25 bits per heavy atom. The van der Waals surface area contributed by atoms with Gasteiger partial charge in [-0.1, -0.05) is 23.2 Å². The van der Waals surface area contributed by atoms with Crippen molar-refractivity contribution in [1.82, 2.24) is 4.98 Å². The number of aromatic nitrogens is 1. The summed E-state index contributed by atoms with van der Waals surface area (Å²) in [5, 5.41) is -0.0781. The Balaban J connectivity index is 2.96. The van der Waals surface area contributed by atoms with E-state index in [9.17, 15) is 8.78 Å². The van der Waals surface area contributed by atoms with E-state index in [0.717, 1.165) is 0 Å². The van der Waals surface area contributed by atoms with Crippen molar-refractivity contribution in [2.75, 3.05) is 0 Å². The summed E-state index contributed by atoms with van der Waals surface area (Å²) in [5.74, 6) is -0.247. The molecule has 1 aromatic heterocycles. The number of pyridine rings is 1. The van der Waals surface area contributed by atoms with Crippen LogP contribution in [0.15, 0.2) is 12.4 Å². The van der Waals surface area contributed by atoms with Gasteiger partial charge in [0.2, 0.25) is 0 Å². The molecule has 0 saturated carbocycles. The molecule has 0 fully saturated rings. The predicted octanol–water partition coefficient (Wildman–Crippen LogP) is 2.99. The fourth-order valence-corrected chi connectivity index (χ4v) is 1.05. The third kappa shape index (κ3) is 2.19. The van der Waals surface area contributed by atoms with E-state index in [1.54, 1.807) is 0 Å². The average molecular weight is 214 g/mol. The van der Waals surface area contributed by atoms with Crippen molar-refractivity contribution in [1.29, 1.82) is 0 Å². The van der Waals surface area contributed by atoms with Gasteiger partial charge in [0.15, 0.2) is 5.75 Å². The Labute approximate surface area is 77.1 Å². The van der Waals surface area contributed by atoms with Gasteiger partial charge < -0.3 is 4.74 Å². The van der Waals surface area contributed by atoms with Crippen LogP contribution in [-0.4, -0.2) is 11.6 Å². The van der Waals surface area contributed by atoms with Crippen LogP contribution < -0.4 is 4.74 Å². The van der Waals surface area contributed by atoms with E-state index >= 15 is 0 Å². The Morgan fingerprint density at radius 2 is 1.75 bits per heavy atom. The van der Waals surface area contributed by atoms with Crippen LogP contribution in [-0.2, 0) is 0 Å². The van der Waals surface area contributed by atoms with E-state index in [2.05, 4.69) is 9.72 Å². The summed E-state index contributed by atoms with van der Waals surface area (Å²) in [7, 11) is 0. The summed E-state index contributed by atoms with van der Waals surface area (Å²) >= 11 is 10.9. The molecule has 0 aromatic carbocycles. The summed E-state index contributed by atoms with van der Waals surface area (Å²) in [5.41, 5.74) is 0. The molecule has 12 heavy (non-hydrogen) atoms. The van der Waals surface area contributed by atoms with E-state index in [0.29, 0.717) is 0 Å². The fraction of sp³-hybridized carbons (Fsp3) is 0.167. The number of nitrogens with zero attached hydrogens (tertiary/aromatic N) is 1. The maximum Gasteiger partial charge on any atom is 0.387 e. The van der Waals surface area contributed by atoms with Crippen molar-refractivity contribution in [2.24, 2.45) is 0 Å². The first-order chi connectivity index (χ1) is 5.61. The molecule has 0 aliphatic carbocycles. The number of rotatable bonds is 2. The number of alkyl halides is 2. The molecule has 0 bridgehead atoms.